The molecule has 108 valence electrons. The zero-order valence-corrected chi connectivity index (χ0v) is 11.0. The summed E-state index contributed by atoms with van der Waals surface area (Å²) in [6, 6.07) is 9.30. The minimum absolute atomic E-state index is 0.0751. The number of hydrogen-bond donors (Lipinski definition) is 2. The van der Waals surface area contributed by atoms with Crippen LogP contribution in [-0.2, 0) is 25.6 Å². The summed E-state index contributed by atoms with van der Waals surface area (Å²) >= 11 is 0. The third kappa shape index (κ3) is 2.92. The SMILES string of the molecule is COC1=C(OCc2ccccc2)C(=O)O[C@@H]1[C@H](O)CO. The molecule has 0 saturated heterocycles. The van der Waals surface area contributed by atoms with Crippen LogP contribution < -0.4 is 0 Å². The summed E-state index contributed by atoms with van der Waals surface area (Å²) in [5, 5.41) is 18.5. The summed E-state index contributed by atoms with van der Waals surface area (Å²) in [6.45, 7) is -0.364. The third-order valence-electron chi connectivity index (χ3n) is 2.88. The Balaban J connectivity index is 2.12. The van der Waals surface area contributed by atoms with Crippen LogP contribution >= 0.6 is 0 Å². The van der Waals surface area contributed by atoms with Crippen molar-refractivity contribution in [1.29, 1.82) is 0 Å². The molecule has 2 rings (SSSR count). The van der Waals surface area contributed by atoms with Crippen molar-refractivity contribution < 1.29 is 29.2 Å². The molecule has 0 saturated carbocycles. The lowest BCUT2D eigenvalue weighted by Crippen LogP contribution is -2.32. The third-order valence-corrected chi connectivity index (χ3v) is 2.88. The van der Waals surface area contributed by atoms with Gasteiger partial charge in [-0.25, -0.2) is 4.79 Å². The maximum absolute atomic E-state index is 11.7. The van der Waals surface area contributed by atoms with Gasteiger partial charge in [0.1, 0.15) is 12.7 Å². The highest BCUT2D eigenvalue weighted by Crippen LogP contribution is 2.27. The molecule has 1 aromatic rings. The second-order valence-corrected chi connectivity index (χ2v) is 4.25. The maximum Gasteiger partial charge on any atom is 0.378 e. The molecule has 0 radical (unpaired) electrons. The van der Waals surface area contributed by atoms with Gasteiger partial charge in [0.15, 0.2) is 11.9 Å². The van der Waals surface area contributed by atoms with Crippen LogP contribution in [0.4, 0.5) is 0 Å². The first-order chi connectivity index (χ1) is 9.67. The van der Waals surface area contributed by atoms with E-state index >= 15 is 0 Å². The van der Waals surface area contributed by atoms with Gasteiger partial charge in [0.05, 0.1) is 13.7 Å². The highest BCUT2D eigenvalue weighted by molar-refractivity contribution is 5.89. The zero-order valence-electron chi connectivity index (χ0n) is 11.0. The molecule has 0 unspecified atom stereocenters. The topological polar surface area (TPSA) is 85.2 Å². The van der Waals surface area contributed by atoms with E-state index in [0.29, 0.717) is 0 Å². The van der Waals surface area contributed by atoms with E-state index in [4.69, 9.17) is 19.3 Å². The van der Waals surface area contributed by atoms with Crippen LogP contribution in [0.25, 0.3) is 0 Å². The number of ether oxygens (including phenoxy) is 3. The monoisotopic (exact) mass is 280 g/mol. The molecular weight excluding hydrogens is 264 g/mol. The van der Waals surface area contributed by atoms with Crippen LogP contribution in [0, 0.1) is 0 Å². The van der Waals surface area contributed by atoms with E-state index in [1.54, 1.807) is 0 Å². The van der Waals surface area contributed by atoms with Crippen LogP contribution in [0.15, 0.2) is 41.9 Å². The van der Waals surface area contributed by atoms with Crippen LogP contribution in [0.3, 0.4) is 0 Å². The molecule has 0 fully saturated rings. The summed E-state index contributed by atoms with van der Waals surface area (Å²) in [6.07, 6.45) is -2.28. The van der Waals surface area contributed by atoms with E-state index < -0.39 is 24.8 Å². The molecule has 0 aromatic heterocycles. The Labute approximate surface area is 116 Å². The largest absolute Gasteiger partial charge is 0.493 e. The van der Waals surface area contributed by atoms with Gasteiger partial charge in [0.2, 0.25) is 5.76 Å². The lowest BCUT2D eigenvalue weighted by Gasteiger charge is -2.16. The number of rotatable bonds is 6. The summed E-state index contributed by atoms with van der Waals surface area (Å²) in [4.78, 5) is 11.7. The molecule has 1 aliphatic heterocycles. The van der Waals surface area contributed by atoms with Gasteiger partial charge in [0.25, 0.3) is 0 Å². The van der Waals surface area contributed by atoms with Gasteiger partial charge in [-0.05, 0) is 5.56 Å². The number of aliphatic hydroxyl groups is 2. The molecule has 1 heterocycles. The van der Waals surface area contributed by atoms with Gasteiger partial charge in [-0.1, -0.05) is 30.3 Å². The van der Waals surface area contributed by atoms with Crippen LogP contribution in [0.5, 0.6) is 0 Å². The van der Waals surface area contributed by atoms with Crippen molar-refractivity contribution in [2.45, 2.75) is 18.8 Å². The quantitative estimate of drug-likeness (QED) is 0.731. The van der Waals surface area contributed by atoms with Crippen LogP contribution in [0.1, 0.15) is 5.56 Å². The Morgan fingerprint density at radius 3 is 2.65 bits per heavy atom. The highest BCUT2D eigenvalue weighted by Gasteiger charge is 2.41. The molecule has 0 amide bonds. The van der Waals surface area contributed by atoms with Crippen molar-refractivity contribution in [3.63, 3.8) is 0 Å². The molecule has 2 atom stereocenters. The van der Waals surface area contributed by atoms with E-state index in [9.17, 15) is 9.90 Å². The predicted molar refractivity (Wildman–Crippen MR) is 68.2 cm³/mol. The van der Waals surface area contributed by atoms with Gasteiger partial charge in [-0.15, -0.1) is 0 Å². The molecule has 0 aliphatic carbocycles. The Morgan fingerprint density at radius 1 is 1.35 bits per heavy atom. The van der Waals surface area contributed by atoms with Gasteiger partial charge >= 0.3 is 5.97 Å². The molecular formula is C14H16O6. The Kier molecular flexibility index (Phi) is 4.60. The predicted octanol–water partition coefficient (Wildman–Crippen LogP) is 0.340. The molecule has 1 aliphatic rings. The number of carbonyl (C=O) groups is 1. The molecule has 0 bridgehead atoms. The maximum atomic E-state index is 11.7. The summed E-state index contributed by atoms with van der Waals surface area (Å²) in [5.74, 6) is -0.698. The first-order valence-corrected chi connectivity index (χ1v) is 6.12. The van der Waals surface area contributed by atoms with Crippen molar-refractivity contribution in [2.75, 3.05) is 13.7 Å². The number of esters is 1. The van der Waals surface area contributed by atoms with E-state index in [2.05, 4.69) is 0 Å². The standard InChI is InChI=1S/C14H16O6/c1-18-12-11(10(16)7-15)20-14(17)13(12)19-8-9-5-3-2-4-6-9/h2-6,10-11,15-16H,7-8H2,1H3/t10-,11-/m1/s1. The molecule has 20 heavy (non-hydrogen) atoms. The number of methoxy groups -OCH3 is 1. The first kappa shape index (κ1) is 14.4. The molecule has 6 nitrogen and oxygen atoms in total. The number of aliphatic hydroxyl groups excluding tert-OH is 2. The van der Waals surface area contributed by atoms with Gasteiger partial charge < -0.3 is 24.4 Å². The summed E-state index contributed by atoms with van der Waals surface area (Å²) < 4.78 is 15.4. The second-order valence-electron chi connectivity index (χ2n) is 4.25. The van der Waals surface area contributed by atoms with Gasteiger partial charge in [0, 0.05) is 0 Å². The second kappa shape index (κ2) is 6.40. The van der Waals surface area contributed by atoms with E-state index in [-0.39, 0.29) is 18.1 Å². The number of benzene rings is 1. The van der Waals surface area contributed by atoms with Gasteiger partial charge in [-0.3, -0.25) is 0 Å². The molecule has 1 aromatic carbocycles. The average molecular weight is 280 g/mol. The average Bonchev–Trinajstić information content (AvgIpc) is 2.81. The molecule has 0 spiro atoms. The fraction of sp³-hybridized carbons (Fsp3) is 0.357. The van der Waals surface area contributed by atoms with Gasteiger partial charge in [-0.2, -0.15) is 0 Å². The molecule has 6 heteroatoms. The molecule has 2 N–H and O–H groups in total. The zero-order chi connectivity index (χ0) is 14.5. The number of cyclic esters (lactones) is 1. The van der Waals surface area contributed by atoms with Crippen LogP contribution in [-0.4, -0.2) is 42.1 Å². The number of hydrogen-bond acceptors (Lipinski definition) is 6. The Bertz CT molecular complexity index is 496. The van der Waals surface area contributed by atoms with Crippen molar-refractivity contribution in [3.05, 3.63) is 47.4 Å². The summed E-state index contributed by atoms with van der Waals surface area (Å²) in [5.41, 5.74) is 0.884. The minimum atomic E-state index is -1.24. The smallest absolute Gasteiger partial charge is 0.378 e. The van der Waals surface area contributed by atoms with Crippen molar-refractivity contribution in [2.24, 2.45) is 0 Å². The lowest BCUT2D eigenvalue weighted by atomic mass is 10.2. The summed E-state index contributed by atoms with van der Waals surface area (Å²) in [7, 11) is 1.35. The van der Waals surface area contributed by atoms with Crippen molar-refractivity contribution in [1.82, 2.24) is 0 Å². The van der Waals surface area contributed by atoms with E-state index in [1.807, 2.05) is 30.3 Å². The lowest BCUT2D eigenvalue weighted by molar-refractivity contribution is -0.148. The van der Waals surface area contributed by atoms with E-state index in [1.165, 1.54) is 7.11 Å². The van der Waals surface area contributed by atoms with Crippen molar-refractivity contribution >= 4 is 5.97 Å². The number of carbonyl (C=O) groups excluding carboxylic acids is 1. The minimum Gasteiger partial charge on any atom is -0.493 e. The normalized spacial score (nSPS) is 19.8. The Hall–Kier alpha value is -2.05. The van der Waals surface area contributed by atoms with E-state index in [0.717, 1.165) is 5.56 Å². The highest BCUT2D eigenvalue weighted by atomic mass is 16.6. The Morgan fingerprint density at radius 2 is 2.05 bits per heavy atom. The fourth-order valence-corrected chi connectivity index (χ4v) is 1.87. The fourth-order valence-electron chi connectivity index (χ4n) is 1.87. The first-order valence-electron chi connectivity index (χ1n) is 6.12. The van der Waals surface area contributed by atoms with Crippen LogP contribution in [0.2, 0.25) is 0 Å². The van der Waals surface area contributed by atoms with Crippen molar-refractivity contribution in [3.8, 4) is 0 Å².